The van der Waals surface area contributed by atoms with Gasteiger partial charge in [-0.2, -0.15) is 0 Å². The Balaban J connectivity index is 1.20. The Hall–Kier alpha value is -0.970. The predicted molar refractivity (Wildman–Crippen MR) is 121 cm³/mol. The van der Waals surface area contributed by atoms with Gasteiger partial charge in [-0.05, 0) is 94.0 Å². The van der Waals surface area contributed by atoms with E-state index in [2.05, 4.69) is 23.9 Å². The highest BCUT2D eigenvalue weighted by Crippen LogP contribution is 2.65. The van der Waals surface area contributed by atoms with Crippen molar-refractivity contribution in [3.8, 4) is 0 Å². The molecule has 0 spiro atoms. The Bertz CT molecular complexity index is 720. The monoisotopic (exact) mass is 432 g/mol. The molecule has 4 aliphatic carbocycles. The summed E-state index contributed by atoms with van der Waals surface area (Å²) in [5.74, 6) is 1.74. The fourth-order valence-corrected chi connectivity index (χ4v) is 8.41. The van der Waals surface area contributed by atoms with Crippen molar-refractivity contribution in [1.82, 2.24) is 4.90 Å². The average Bonchev–Trinajstić information content (AvgIpc) is 3.00. The van der Waals surface area contributed by atoms with Crippen molar-refractivity contribution in [3.05, 3.63) is 0 Å². The lowest BCUT2D eigenvalue weighted by molar-refractivity contribution is -0.138. The number of nitrogens with zero attached hydrogens (tertiary/aromatic N) is 2. The highest BCUT2D eigenvalue weighted by atomic mass is 19.1. The van der Waals surface area contributed by atoms with Gasteiger partial charge in [0.1, 0.15) is 18.6 Å². The lowest BCUT2D eigenvalue weighted by atomic mass is 9.45. The van der Waals surface area contributed by atoms with E-state index < -0.39 is 11.6 Å². The largest absolute Gasteiger partial charge is 0.394 e. The third kappa shape index (κ3) is 3.77. The average molecular weight is 433 g/mol. The van der Waals surface area contributed by atoms with Gasteiger partial charge in [-0.25, -0.2) is 4.39 Å². The van der Waals surface area contributed by atoms with Crippen LogP contribution < -0.4 is 0 Å². The van der Waals surface area contributed by atoms with E-state index in [9.17, 15) is 9.18 Å². The van der Waals surface area contributed by atoms with Crippen molar-refractivity contribution in [2.45, 2.75) is 90.6 Å². The maximum atomic E-state index is 15.0. The summed E-state index contributed by atoms with van der Waals surface area (Å²) in [7, 11) is 0. The molecule has 4 nitrogen and oxygen atoms in total. The van der Waals surface area contributed by atoms with E-state index in [0.29, 0.717) is 24.4 Å². The first-order chi connectivity index (χ1) is 14.9. The SMILES string of the molecule is C[C@]12CCC(=NOCCN3CCCCC3)CC1CCC1C2CC[C@]2(C)C(=O)CC(F)C12. The van der Waals surface area contributed by atoms with Gasteiger partial charge >= 0.3 is 0 Å². The number of fused-ring (bicyclic) bond motifs is 5. The van der Waals surface area contributed by atoms with Crippen LogP contribution in [0.1, 0.15) is 84.5 Å². The fourth-order valence-electron chi connectivity index (χ4n) is 8.41. The molecule has 0 N–H and O–H groups in total. The highest BCUT2D eigenvalue weighted by Gasteiger charge is 2.63. The second-order valence-corrected chi connectivity index (χ2v) is 11.8. The van der Waals surface area contributed by atoms with E-state index in [1.807, 2.05) is 0 Å². The lowest BCUT2D eigenvalue weighted by Crippen LogP contribution is -2.54. The topological polar surface area (TPSA) is 41.9 Å². The summed E-state index contributed by atoms with van der Waals surface area (Å²) in [5.41, 5.74) is 1.11. The number of carbonyl (C=O) groups excluding carboxylic acids is 1. The smallest absolute Gasteiger partial charge is 0.142 e. The van der Waals surface area contributed by atoms with Crippen LogP contribution in [0.25, 0.3) is 0 Å². The van der Waals surface area contributed by atoms with Crippen LogP contribution >= 0.6 is 0 Å². The number of rotatable bonds is 4. The van der Waals surface area contributed by atoms with Crippen molar-refractivity contribution in [2.75, 3.05) is 26.2 Å². The molecule has 7 atom stereocenters. The second kappa shape index (κ2) is 8.43. The molecule has 5 unspecified atom stereocenters. The van der Waals surface area contributed by atoms with Crippen molar-refractivity contribution < 1.29 is 14.0 Å². The van der Waals surface area contributed by atoms with Crippen LogP contribution in [0, 0.1) is 34.5 Å². The lowest BCUT2D eigenvalue weighted by Gasteiger charge is -2.59. The van der Waals surface area contributed by atoms with Crippen LogP contribution in [0.15, 0.2) is 5.16 Å². The van der Waals surface area contributed by atoms with Crippen LogP contribution in [0.4, 0.5) is 4.39 Å². The van der Waals surface area contributed by atoms with Gasteiger partial charge in [0.15, 0.2) is 0 Å². The summed E-state index contributed by atoms with van der Waals surface area (Å²) in [6.07, 6.45) is 10.7. The van der Waals surface area contributed by atoms with E-state index in [1.165, 1.54) is 38.1 Å². The molecule has 5 aliphatic rings. The molecule has 4 saturated carbocycles. The van der Waals surface area contributed by atoms with Gasteiger partial charge in [0.25, 0.3) is 0 Å². The normalized spacial score (nSPS) is 47.0. The van der Waals surface area contributed by atoms with E-state index >= 15 is 0 Å². The minimum Gasteiger partial charge on any atom is -0.394 e. The standard InChI is InChI=1S/C26H41FN2O2/c1-25-10-8-19(28-31-15-14-29-12-4-3-5-13-29)16-18(25)6-7-20-21(25)9-11-26(2)23(30)17-22(27)24(20)26/h18,20-22,24H,3-17H2,1-2H3/t18?,20?,21?,22?,24?,25-,26+/m0/s1. The first kappa shape index (κ1) is 21.9. The number of halogens is 1. The van der Waals surface area contributed by atoms with Crippen LogP contribution in [-0.2, 0) is 9.63 Å². The van der Waals surface area contributed by atoms with E-state index in [-0.39, 0.29) is 23.5 Å². The number of hydrogen-bond acceptors (Lipinski definition) is 4. The molecule has 0 aromatic rings. The van der Waals surface area contributed by atoms with Gasteiger partial charge in [0.2, 0.25) is 0 Å². The molecule has 1 aliphatic heterocycles. The van der Waals surface area contributed by atoms with Crippen LogP contribution in [0.2, 0.25) is 0 Å². The number of oxime groups is 1. The van der Waals surface area contributed by atoms with Gasteiger partial charge in [0, 0.05) is 24.3 Å². The molecule has 5 heteroatoms. The van der Waals surface area contributed by atoms with Crippen molar-refractivity contribution in [2.24, 2.45) is 39.7 Å². The molecular formula is C26H41FN2O2. The zero-order chi connectivity index (χ0) is 21.6. The maximum absolute atomic E-state index is 15.0. The number of ketones is 1. The van der Waals surface area contributed by atoms with Gasteiger partial charge in [0.05, 0.1) is 5.71 Å². The molecule has 31 heavy (non-hydrogen) atoms. The highest BCUT2D eigenvalue weighted by molar-refractivity contribution is 5.88. The van der Waals surface area contributed by atoms with Gasteiger partial charge in [-0.15, -0.1) is 0 Å². The molecular weight excluding hydrogens is 391 g/mol. The Morgan fingerprint density at radius 2 is 1.90 bits per heavy atom. The summed E-state index contributed by atoms with van der Waals surface area (Å²) in [6, 6.07) is 0. The van der Waals surface area contributed by atoms with Crippen LogP contribution in [0.5, 0.6) is 0 Å². The van der Waals surface area contributed by atoms with Gasteiger partial charge < -0.3 is 4.84 Å². The van der Waals surface area contributed by atoms with Crippen LogP contribution in [0.3, 0.4) is 0 Å². The van der Waals surface area contributed by atoms with E-state index in [4.69, 9.17) is 4.84 Å². The summed E-state index contributed by atoms with van der Waals surface area (Å²) >= 11 is 0. The second-order valence-electron chi connectivity index (χ2n) is 11.8. The van der Waals surface area contributed by atoms with E-state index in [1.54, 1.807) is 0 Å². The number of likely N-dealkylation sites (tertiary alicyclic amines) is 1. The number of hydrogen-bond donors (Lipinski definition) is 0. The molecule has 5 fully saturated rings. The number of alkyl halides is 1. The minimum atomic E-state index is -0.917. The van der Waals surface area contributed by atoms with Crippen LogP contribution in [-0.4, -0.2) is 48.8 Å². The van der Waals surface area contributed by atoms with Gasteiger partial charge in [-0.1, -0.05) is 25.4 Å². The van der Waals surface area contributed by atoms with E-state index in [0.717, 1.165) is 51.5 Å². The Labute approximate surface area is 187 Å². The summed E-state index contributed by atoms with van der Waals surface area (Å²) in [6.45, 7) is 8.63. The van der Waals surface area contributed by atoms with Crippen molar-refractivity contribution in [3.63, 3.8) is 0 Å². The quantitative estimate of drug-likeness (QED) is 0.441. The first-order valence-corrected chi connectivity index (χ1v) is 13.0. The number of carbonyl (C=O) groups is 1. The molecule has 0 radical (unpaired) electrons. The molecule has 0 aromatic carbocycles. The van der Waals surface area contributed by atoms with Crippen molar-refractivity contribution >= 4 is 11.5 Å². The molecule has 174 valence electrons. The fraction of sp³-hybridized carbons (Fsp3) is 0.923. The zero-order valence-electron chi connectivity index (χ0n) is 19.6. The zero-order valence-corrected chi connectivity index (χ0v) is 19.6. The Morgan fingerprint density at radius 3 is 2.71 bits per heavy atom. The Kier molecular flexibility index (Phi) is 5.94. The maximum Gasteiger partial charge on any atom is 0.142 e. The third-order valence-corrected chi connectivity index (χ3v) is 10.3. The number of Topliss-reactive ketones (excluding diaryl/α,β-unsaturated/α-hetero) is 1. The summed E-state index contributed by atoms with van der Waals surface area (Å²) < 4.78 is 15.0. The molecule has 1 saturated heterocycles. The third-order valence-electron chi connectivity index (χ3n) is 10.3. The Morgan fingerprint density at radius 1 is 1.10 bits per heavy atom. The molecule has 1 heterocycles. The predicted octanol–water partition coefficient (Wildman–Crippen LogP) is 5.40. The minimum absolute atomic E-state index is 0.0373. The summed E-state index contributed by atoms with van der Waals surface area (Å²) in [4.78, 5) is 20.8. The number of piperidine rings is 1. The first-order valence-electron chi connectivity index (χ1n) is 13.0. The van der Waals surface area contributed by atoms with Crippen molar-refractivity contribution in [1.29, 1.82) is 0 Å². The molecule has 0 amide bonds. The molecule has 0 aromatic heterocycles. The molecule has 0 bridgehead atoms. The van der Waals surface area contributed by atoms with Gasteiger partial charge in [-0.3, -0.25) is 9.69 Å². The molecule has 5 rings (SSSR count). The summed E-state index contributed by atoms with van der Waals surface area (Å²) in [5, 5.41) is 4.57.